The van der Waals surface area contributed by atoms with E-state index in [1.165, 1.54) is 0 Å². The van der Waals surface area contributed by atoms with Gasteiger partial charge in [-0.2, -0.15) is 0 Å². The van der Waals surface area contributed by atoms with Gasteiger partial charge in [0, 0.05) is 16.5 Å². The number of hydrogen-bond acceptors (Lipinski definition) is 4. The highest BCUT2D eigenvalue weighted by Gasteiger charge is 2.21. The van der Waals surface area contributed by atoms with Crippen LogP contribution in [0.25, 0.3) is 0 Å². The van der Waals surface area contributed by atoms with Crippen LogP contribution in [0.3, 0.4) is 0 Å². The summed E-state index contributed by atoms with van der Waals surface area (Å²) in [5.41, 5.74) is 1.91. The third-order valence-electron chi connectivity index (χ3n) is 3.45. The molecule has 0 aliphatic heterocycles. The Bertz CT molecular complexity index is 737. The molecular formula is C18H22ClN3O2. The Kier molecular flexibility index (Phi) is 5.34. The number of anilines is 3. The second-order valence-corrected chi connectivity index (χ2v) is 6.97. The number of rotatable bonds is 4. The zero-order valence-corrected chi connectivity index (χ0v) is 15.3. The van der Waals surface area contributed by atoms with Crippen LogP contribution in [0.5, 0.6) is 5.75 Å². The van der Waals surface area contributed by atoms with E-state index in [9.17, 15) is 4.79 Å². The number of ether oxygens (including phenoxy) is 1. The number of methoxy groups -OCH3 is 1. The third kappa shape index (κ3) is 4.38. The zero-order chi connectivity index (χ0) is 17.9. The Morgan fingerprint density at radius 3 is 2.50 bits per heavy atom. The van der Waals surface area contributed by atoms with E-state index < -0.39 is 5.41 Å². The first-order valence-electron chi connectivity index (χ1n) is 7.59. The van der Waals surface area contributed by atoms with Crippen molar-refractivity contribution in [2.24, 2.45) is 5.41 Å². The second kappa shape index (κ2) is 7.09. The van der Waals surface area contributed by atoms with Gasteiger partial charge in [0.05, 0.1) is 24.7 Å². The molecule has 6 heteroatoms. The number of aryl methyl sites for hydroxylation is 1. The van der Waals surface area contributed by atoms with Gasteiger partial charge in [0.1, 0.15) is 11.6 Å². The number of aromatic nitrogens is 1. The highest BCUT2D eigenvalue weighted by molar-refractivity contribution is 6.31. The number of halogens is 1. The number of nitrogens with one attached hydrogen (secondary N) is 2. The lowest BCUT2D eigenvalue weighted by atomic mass is 9.96. The topological polar surface area (TPSA) is 63.2 Å². The van der Waals surface area contributed by atoms with Crippen molar-refractivity contribution < 1.29 is 9.53 Å². The molecule has 1 aromatic heterocycles. The molecule has 1 amide bonds. The van der Waals surface area contributed by atoms with Crippen LogP contribution >= 0.6 is 11.6 Å². The summed E-state index contributed by atoms with van der Waals surface area (Å²) in [6.07, 6.45) is 1.61. The molecule has 2 N–H and O–H groups in total. The summed E-state index contributed by atoms with van der Waals surface area (Å²) in [6, 6.07) is 7.26. The molecule has 0 fully saturated rings. The lowest BCUT2D eigenvalue weighted by Crippen LogP contribution is -2.27. The third-order valence-corrected chi connectivity index (χ3v) is 3.85. The molecular weight excluding hydrogens is 326 g/mol. The van der Waals surface area contributed by atoms with Gasteiger partial charge in [-0.15, -0.1) is 0 Å². The van der Waals surface area contributed by atoms with Crippen molar-refractivity contribution >= 4 is 34.7 Å². The van der Waals surface area contributed by atoms with Crippen LogP contribution < -0.4 is 15.4 Å². The fourth-order valence-electron chi connectivity index (χ4n) is 1.93. The zero-order valence-electron chi connectivity index (χ0n) is 14.5. The molecule has 5 nitrogen and oxygen atoms in total. The summed E-state index contributed by atoms with van der Waals surface area (Å²) in [5.74, 6) is 1.22. The molecule has 0 bridgehead atoms. The standard InChI is InChI=1S/C18H22ClN3O2/c1-11-8-14(15(24-5)9-13(11)19)22-16-7-6-12(10-20-16)21-17(23)18(2,3)4/h6-10H,1-5H3,(H,20,22)(H,21,23). The van der Waals surface area contributed by atoms with Crippen LogP contribution in [-0.2, 0) is 4.79 Å². The normalized spacial score (nSPS) is 11.1. The Balaban J connectivity index is 2.15. The highest BCUT2D eigenvalue weighted by atomic mass is 35.5. The van der Waals surface area contributed by atoms with E-state index in [1.54, 1.807) is 31.5 Å². The first kappa shape index (κ1) is 18.1. The molecule has 0 saturated carbocycles. The first-order chi connectivity index (χ1) is 11.2. The smallest absolute Gasteiger partial charge is 0.229 e. The highest BCUT2D eigenvalue weighted by Crippen LogP contribution is 2.32. The van der Waals surface area contributed by atoms with Crippen LogP contribution in [0.4, 0.5) is 17.2 Å². The summed E-state index contributed by atoms with van der Waals surface area (Å²) < 4.78 is 5.34. The van der Waals surface area contributed by atoms with Crippen molar-refractivity contribution in [2.45, 2.75) is 27.7 Å². The van der Waals surface area contributed by atoms with Gasteiger partial charge in [0.15, 0.2) is 0 Å². The van der Waals surface area contributed by atoms with E-state index in [0.717, 1.165) is 11.3 Å². The molecule has 1 aromatic carbocycles. The summed E-state index contributed by atoms with van der Waals surface area (Å²) >= 11 is 6.11. The van der Waals surface area contributed by atoms with Crippen molar-refractivity contribution in [3.05, 3.63) is 41.0 Å². The molecule has 0 aliphatic rings. The predicted octanol–water partition coefficient (Wildman–Crippen LogP) is 4.78. The van der Waals surface area contributed by atoms with Crippen molar-refractivity contribution in [2.75, 3.05) is 17.7 Å². The van der Waals surface area contributed by atoms with Crippen LogP contribution in [0.2, 0.25) is 5.02 Å². The minimum atomic E-state index is -0.453. The molecule has 0 saturated heterocycles. The fraction of sp³-hybridized carbons (Fsp3) is 0.333. The van der Waals surface area contributed by atoms with E-state index in [2.05, 4.69) is 15.6 Å². The van der Waals surface area contributed by atoms with E-state index >= 15 is 0 Å². The first-order valence-corrected chi connectivity index (χ1v) is 7.97. The number of carbonyl (C=O) groups excluding carboxylic acids is 1. The molecule has 128 valence electrons. The maximum atomic E-state index is 12.0. The van der Waals surface area contributed by atoms with Gasteiger partial charge >= 0.3 is 0 Å². The number of pyridine rings is 1. The van der Waals surface area contributed by atoms with Gasteiger partial charge in [-0.1, -0.05) is 32.4 Å². The number of carbonyl (C=O) groups is 1. The molecule has 0 unspecified atom stereocenters. The van der Waals surface area contributed by atoms with E-state index in [4.69, 9.17) is 16.3 Å². The lowest BCUT2D eigenvalue weighted by Gasteiger charge is -2.17. The molecule has 0 aliphatic carbocycles. The number of benzene rings is 1. The number of amides is 1. The number of hydrogen-bond donors (Lipinski definition) is 2. The van der Waals surface area contributed by atoms with Crippen molar-refractivity contribution in [1.29, 1.82) is 0 Å². The fourth-order valence-corrected chi connectivity index (χ4v) is 2.08. The molecule has 0 spiro atoms. The summed E-state index contributed by atoms with van der Waals surface area (Å²) in [5, 5.41) is 6.68. The Hall–Kier alpha value is -2.27. The molecule has 2 aromatic rings. The molecule has 1 heterocycles. The molecule has 24 heavy (non-hydrogen) atoms. The average molecular weight is 348 g/mol. The minimum Gasteiger partial charge on any atom is -0.495 e. The largest absolute Gasteiger partial charge is 0.495 e. The quantitative estimate of drug-likeness (QED) is 0.835. The second-order valence-electron chi connectivity index (χ2n) is 6.56. The van der Waals surface area contributed by atoms with E-state index in [-0.39, 0.29) is 5.91 Å². The van der Waals surface area contributed by atoms with Crippen LogP contribution in [0.15, 0.2) is 30.5 Å². The summed E-state index contributed by atoms with van der Waals surface area (Å²) in [6.45, 7) is 7.51. The van der Waals surface area contributed by atoms with E-state index in [1.807, 2.05) is 33.8 Å². The van der Waals surface area contributed by atoms with Gasteiger partial charge in [-0.3, -0.25) is 4.79 Å². The Labute approximate surface area is 147 Å². The monoisotopic (exact) mass is 347 g/mol. The lowest BCUT2D eigenvalue weighted by molar-refractivity contribution is -0.123. The minimum absolute atomic E-state index is 0.0556. The Morgan fingerprint density at radius 2 is 1.96 bits per heavy atom. The molecule has 0 atom stereocenters. The SMILES string of the molecule is COc1cc(Cl)c(C)cc1Nc1ccc(NC(=O)C(C)(C)C)cn1. The molecule has 2 rings (SSSR count). The summed E-state index contributed by atoms with van der Waals surface area (Å²) in [7, 11) is 1.59. The summed E-state index contributed by atoms with van der Waals surface area (Å²) in [4.78, 5) is 16.3. The Morgan fingerprint density at radius 1 is 1.25 bits per heavy atom. The van der Waals surface area contributed by atoms with Crippen molar-refractivity contribution in [1.82, 2.24) is 4.98 Å². The maximum absolute atomic E-state index is 12.0. The van der Waals surface area contributed by atoms with Gasteiger partial charge < -0.3 is 15.4 Å². The van der Waals surface area contributed by atoms with Crippen LogP contribution in [-0.4, -0.2) is 18.0 Å². The van der Waals surface area contributed by atoms with Gasteiger partial charge in [0.2, 0.25) is 5.91 Å². The van der Waals surface area contributed by atoms with Gasteiger partial charge in [0.25, 0.3) is 0 Å². The van der Waals surface area contributed by atoms with Gasteiger partial charge in [-0.25, -0.2) is 4.98 Å². The molecule has 0 radical (unpaired) electrons. The van der Waals surface area contributed by atoms with Crippen molar-refractivity contribution in [3.63, 3.8) is 0 Å². The van der Waals surface area contributed by atoms with Crippen molar-refractivity contribution in [3.8, 4) is 5.75 Å². The van der Waals surface area contributed by atoms with Crippen LogP contribution in [0, 0.1) is 12.3 Å². The van der Waals surface area contributed by atoms with Crippen LogP contribution in [0.1, 0.15) is 26.3 Å². The number of nitrogens with zero attached hydrogens (tertiary/aromatic N) is 1. The average Bonchev–Trinajstić information content (AvgIpc) is 2.51. The maximum Gasteiger partial charge on any atom is 0.229 e. The van der Waals surface area contributed by atoms with Gasteiger partial charge in [-0.05, 0) is 30.7 Å². The van der Waals surface area contributed by atoms with E-state index in [0.29, 0.717) is 22.3 Å². The predicted molar refractivity (Wildman–Crippen MR) is 98.3 cm³/mol.